The van der Waals surface area contributed by atoms with Crippen LogP contribution in [0, 0.1) is 11.8 Å². The summed E-state index contributed by atoms with van der Waals surface area (Å²) >= 11 is 0. The van der Waals surface area contributed by atoms with Crippen LogP contribution in [0.4, 0.5) is 0 Å². The highest BCUT2D eigenvalue weighted by Gasteiger charge is 2.31. The Kier molecular flexibility index (Phi) is 6.45. The van der Waals surface area contributed by atoms with Crippen LogP contribution in [0.1, 0.15) is 75.7 Å². The van der Waals surface area contributed by atoms with Gasteiger partial charge in [0.05, 0.1) is 11.8 Å². The molecule has 31 heavy (non-hydrogen) atoms. The summed E-state index contributed by atoms with van der Waals surface area (Å²) in [6.45, 7) is 5.83. The Hall–Kier alpha value is -2.62. The van der Waals surface area contributed by atoms with Crippen LogP contribution >= 0.6 is 0 Å². The fourth-order valence-electron chi connectivity index (χ4n) is 4.62. The van der Waals surface area contributed by atoms with Gasteiger partial charge in [-0.1, -0.05) is 44.2 Å². The van der Waals surface area contributed by atoms with Crippen molar-refractivity contribution in [2.24, 2.45) is 11.8 Å². The standard InChI is InChI=1S/C27H32O4/c1-4-17(2)26(28)31-24-13-11-20(12-14-24)27(29)30-18(3)23-15-21-9-5-7-19-8-6-10-22(16-23)25(19)21/h5-7,9-10,15-18,20,24H,4,8,11-14H2,1-3H3. The highest BCUT2D eigenvalue weighted by molar-refractivity contribution is 5.95. The van der Waals surface area contributed by atoms with Gasteiger partial charge in [0.1, 0.15) is 12.2 Å². The number of carbonyl (C=O) groups is 2. The average Bonchev–Trinajstić information content (AvgIpc) is 2.79. The van der Waals surface area contributed by atoms with Crippen molar-refractivity contribution in [1.82, 2.24) is 0 Å². The van der Waals surface area contributed by atoms with Gasteiger partial charge in [-0.15, -0.1) is 0 Å². The summed E-state index contributed by atoms with van der Waals surface area (Å²) in [6, 6.07) is 10.7. The molecule has 0 aliphatic heterocycles. The molecule has 4 nitrogen and oxygen atoms in total. The molecular weight excluding hydrogens is 388 g/mol. The number of hydrogen-bond acceptors (Lipinski definition) is 4. The Balaban J connectivity index is 1.37. The Morgan fingerprint density at radius 1 is 1.10 bits per heavy atom. The Morgan fingerprint density at radius 2 is 1.87 bits per heavy atom. The quantitative estimate of drug-likeness (QED) is 0.525. The van der Waals surface area contributed by atoms with E-state index in [9.17, 15) is 9.59 Å². The predicted octanol–water partition coefficient (Wildman–Crippen LogP) is 6.16. The monoisotopic (exact) mass is 420 g/mol. The molecule has 4 heteroatoms. The van der Waals surface area contributed by atoms with Crippen molar-refractivity contribution in [2.75, 3.05) is 0 Å². The zero-order chi connectivity index (χ0) is 22.0. The van der Waals surface area contributed by atoms with Crippen molar-refractivity contribution >= 4 is 28.8 Å². The molecule has 0 aromatic heterocycles. The van der Waals surface area contributed by atoms with E-state index in [0.717, 1.165) is 31.2 Å². The lowest BCUT2D eigenvalue weighted by molar-refractivity contribution is -0.159. The molecule has 0 amide bonds. The molecule has 2 aliphatic rings. The van der Waals surface area contributed by atoms with Crippen LogP contribution in [-0.4, -0.2) is 18.0 Å². The molecule has 0 N–H and O–H groups in total. The number of allylic oxidation sites excluding steroid dienone is 1. The number of ether oxygens (including phenoxy) is 2. The molecule has 1 fully saturated rings. The normalized spacial score (nSPS) is 22.0. The Morgan fingerprint density at radius 3 is 2.61 bits per heavy atom. The van der Waals surface area contributed by atoms with Crippen LogP contribution in [0.2, 0.25) is 0 Å². The fourth-order valence-corrected chi connectivity index (χ4v) is 4.62. The molecule has 2 unspecified atom stereocenters. The zero-order valence-corrected chi connectivity index (χ0v) is 18.7. The summed E-state index contributed by atoms with van der Waals surface area (Å²) in [4.78, 5) is 24.8. The maximum absolute atomic E-state index is 12.8. The molecule has 0 spiro atoms. The molecule has 2 aliphatic carbocycles. The van der Waals surface area contributed by atoms with Crippen LogP contribution in [-0.2, 0) is 25.5 Å². The molecule has 0 heterocycles. The second-order valence-corrected chi connectivity index (χ2v) is 9.03. The van der Waals surface area contributed by atoms with E-state index in [2.05, 4.69) is 42.5 Å². The lowest BCUT2D eigenvalue weighted by atomic mass is 9.87. The first-order chi connectivity index (χ1) is 15.0. The maximum atomic E-state index is 12.8. The van der Waals surface area contributed by atoms with Gasteiger partial charge in [-0.25, -0.2) is 0 Å². The third-order valence-corrected chi connectivity index (χ3v) is 6.82. The number of carbonyl (C=O) groups excluding carboxylic acids is 2. The van der Waals surface area contributed by atoms with Gasteiger partial charge in [-0.3, -0.25) is 9.59 Å². The summed E-state index contributed by atoms with van der Waals surface area (Å²) in [6.07, 6.45) is 8.59. The Bertz CT molecular complexity index is 998. The molecular formula is C27H32O4. The third kappa shape index (κ3) is 4.68. The minimum atomic E-state index is -0.298. The van der Waals surface area contributed by atoms with Crippen molar-refractivity contribution < 1.29 is 19.1 Å². The number of hydrogen-bond donors (Lipinski definition) is 0. The number of benzene rings is 2. The van der Waals surface area contributed by atoms with Gasteiger partial charge < -0.3 is 9.47 Å². The van der Waals surface area contributed by atoms with Gasteiger partial charge in [-0.05, 0) is 85.0 Å². The second kappa shape index (κ2) is 9.25. The number of rotatable bonds is 6. The highest BCUT2D eigenvalue weighted by atomic mass is 16.5. The topological polar surface area (TPSA) is 52.6 Å². The van der Waals surface area contributed by atoms with Gasteiger partial charge in [0, 0.05) is 0 Å². The predicted molar refractivity (Wildman–Crippen MR) is 122 cm³/mol. The minimum absolute atomic E-state index is 0.0679. The molecule has 2 atom stereocenters. The molecule has 0 radical (unpaired) electrons. The first kappa shape index (κ1) is 21.6. The van der Waals surface area contributed by atoms with E-state index >= 15 is 0 Å². The smallest absolute Gasteiger partial charge is 0.309 e. The Labute approximate surface area is 184 Å². The first-order valence-electron chi connectivity index (χ1n) is 11.6. The van der Waals surface area contributed by atoms with E-state index in [-0.39, 0.29) is 36.0 Å². The molecule has 2 aromatic rings. The zero-order valence-electron chi connectivity index (χ0n) is 18.7. The third-order valence-electron chi connectivity index (χ3n) is 6.82. The SMILES string of the molecule is CCC(C)C(=O)OC1CCC(C(=O)OC(C)c2cc3c4c(cccc4c2)CC=C3)CC1. The molecule has 2 aromatic carbocycles. The van der Waals surface area contributed by atoms with E-state index in [1.165, 1.54) is 21.9 Å². The van der Waals surface area contributed by atoms with Crippen LogP contribution < -0.4 is 0 Å². The van der Waals surface area contributed by atoms with Crippen LogP contribution in [0.15, 0.2) is 36.4 Å². The van der Waals surface area contributed by atoms with E-state index < -0.39 is 0 Å². The van der Waals surface area contributed by atoms with E-state index in [1.807, 2.05) is 20.8 Å². The summed E-state index contributed by atoms with van der Waals surface area (Å²) < 4.78 is 11.5. The lowest BCUT2D eigenvalue weighted by Gasteiger charge is -2.28. The molecule has 1 saturated carbocycles. The largest absolute Gasteiger partial charge is 0.462 e. The molecule has 0 saturated heterocycles. The van der Waals surface area contributed by atoms with E-state index in [1.54, 1.807) is 0 Å². The van der Waals surface area contributed by atoms with Crippen molar-refractivity contribution in [3.63, 3.8) is 0 Å². The average molecular weight is 421 g/mol. The van der Waals surface area contributed by atoms with E-state index in [0.29, 0.717) is 12.8 Å². The van der Waals surface area contributed by atoms with Crippen LogP contribution in [0.3, 0.4) is 0 Å². The second-order valence-electron chi connectivity index (χ2n) is 9.03. The minimum Gasteiger partial charge on any atom is -0.462 e. The molecule has 0 bridgehead atoms. The first-order valence-corrected chi connectivity index (χ1v) is 11.6. The maximum Gasteiger partial charge on any atom is 0.309 e. The van der Waals surface area contributed by atoms with Crippen molar-refractivity contribution in [3.8, 4) is 0 Å². The van der Waals surface area contributed by atoms with Crippen molar-refractivity contribution in [2.45, 2.75) is 71.5 Å². The van der Waals surface area contributed by atoms with Gasteiger partial charge >= 0.3 is 11.9 Å². The van der Waals surface area contributed by atoms with Crippen molar-refractivity contribution in [1.29, 1.82) is 0 Å². The summed E-state index contributed by atoms with van der Waals surface area (Å²) in [7, 11) is 0. The van der Waals surface area contributed by atoms with Crippen LogP contribution in [0.25, 0.3) is 16.8 Å². The van der Waals surface area contributed by atoms with Gasteiger partial charge in [0.25, 0.3) is 0 Å². The van der Waals surface area contributed by atoms with Crippen molar-refractivity contribution in [3.05, 3.63) is 53.1 Å². The molecule has 4 rings (SSSR count). The number of esters is 2. The van der Waals surface area contributed by atoms with Crippen LogP contribution in [0.5, 0.6) is 0 Å². The summed E-state index contributed by atoms with van der Waals surface area (Å²) in [5.41, 5.74) is 3.56. The van der Waals surface area contributed by atoms with E-state index in [4.69, 9.17) is 9.47 Å². The molecule has 164 valence electrons. The highest BCUT2D eigenvalue weighted by Crippen LogP contribution is 2.34. The summed E-state index contributed by atoms with van der Waals surface area (Å²) in [5.74, 6) is -0.454. The summed E-state index contributed by atoms with van der Waals surface area (Å²) in [5, 5.41) is 2.50. The van der Waals surface area contributed by atoms with Gasteiger partial charge in [0.2, 0.25) is 0 Å². The van der Waals surface area contributed by atoms with Gasteiger partial charge in [-0.2, -0.15) is 0 Å². The van der Waals surface area contributed by atoms with Gasteiger partial charge in [0.15, 0.2) is 0 Å². The fraction of sp³-hybridized carbons (Fsp3) is 0.481. The lowest BCUT2D eigenvalue weighted by Crippen LogP contribution is -2.30.